The molecule has 164 valence electrons. The van der Waals surface area contributed by atoms with Gasteiger partial charge in [-0.2, -0.15) is 0 Å². The molecule has 1 amide bonds. The number of carbonyl (C=O) groups is 2. The second kappa shape index (κ2) is 9.66. The van der Waals surface area contributed by atoms with Crippen LogP contribution in [0.5, 0.6) is 11.5 Å². The van der Waals surface area contributed by atoms with E-state index in [0.29, 0.717) is 29.4 Å². The van der Waals surface area contributed by atoms with Crippen LogP contribution in [0.15, 0.2) is 54.1 Å². The fourth-order valence-electron chi connectivity index (χ4n) is 3.46. The van der Waals surface area contributed by atoms with Gasteiger partial charge in [0.15, 0.2) is 0 Å². The van der Waals surface area contributed by atoms with Crippen molar-refractivity contribution >= 4 is 17.4 Å². The van der Waals surface area contributed by atoms with Crippen molar-refractivity contribution in [3.63, 3.8) is 0 Å². The van der Waals surface area contributed by atoms with E-state index in [1.807, 2.05) is 13.8 Å². The number of aromatic hydroxyl groups is 1. The Hall–Kier alpha value is -3.32. The van der Waals surface area contributed by atoms with E-state index < -0.39 is 17.7 Å². The number of Topliss-reactive ketones (excluding diaryl/α,β-unsaturated/α-hetero) is 1. The first-order chi connectivity index (χ1) is 14.8. The fraction of sp³-hybridized carbons (Fsp3) is 0.333. The molecule has 0 saturated carbocycles. The third kappa shape index (κ3) is 4.88. The Bertz CT molecular complexity index is 980. The summed E-state index contributed by atoms with van der Waals surface area (Å²) in [7, 11) is 1.51. The third-order valence-electron chi connectivity index (χ3n) is 4.98. The highest BCUT2D eigenvalue weighted by Gasteiger charge is 2.45. The maximum atomic E-state index is 12.9. The predicted molar refractivity (Wildman–Crippen MR) is 116 cm³/mol. The third-order valence-corrected chi connectivity index (χ3v) is 4.98. The van der Waals surface area contributed by atoms with Gasteiger partial charge in [0.2, 0.25) is 0 Å². The van der Waals surface area contributed by atoms with E-state index in [9.17, 15) is 19.8 Å². The van der Waals surface area contributed by atoms with Crippen LogP contribution >= 0.6 is 0 Å². The Morgan fingerprint density at radius 2 is 1.84 bits per heavy atom. The van der Waals surface area contributed by atoms with Gasteiger partial charge in [0.25, 0.3) is 11.7 Å². The highest BCUT2D eigenvalue weighted by molar-refractivity contribution is 6.46. The number of aliphatic hydroxyl groups excluding tert-OH is 1. The molecule has 1 atom stereocenters. The molecule has 1 saturated heterocycles. The maximum absolute atomic E-state index is 12.9. The topological polar surface area (TPSA) is 96.3 Å². The van der Waals surface area contributed by atoms with Crippen molar-refractivity contribution in [3.8, 4) is 11.5 Å². The van der Waals surface area contributed by atoms with Crippen LogP contribution in [0, 0.1) is 5.92 Å². The zero-order chi connectivity index (χ0) is 22.5. The molecule has 0 aromatic heterocycles. The Balaban J connectivity index is 2.07. The predicted octanol–water partition coefficient (Wildman–Crippen LogP) is 3.50. The highest BCUT2D eigenvalue weighted by Crippen LogP contribution is 2.39. The van der Waals surface area contributed by atoms with Crippen LogP contribution < -0.4 is 4.74 Å². The van der Waals surface area contributed by atoms with E-state index in [-0.39, 0.29) is 30.2 Å². The molecule has 7 nitrogen and oxygen atoms in total. The summed E-state index contributed by atoms with van der Waals surface area (Å²) < 4.78 is 10.8. The smallest absolute Gasteiger partial charge is 0.295 e. The molecule has 1 unspecified atom stereocenters. The number of carbonyl (C=O) groups excluding carboxylic acids is 2. The lowest BCUT2D eigenvalue weighted by Crippen LogP contribution is -2.32. The molecular weight excluding hydrogens is 398 g/mol. The van der Waals surface area contributed by atoms with Crippen LogP contribution in [0.1, 0.15) is 31.0 Å². The molecule has 1 heterocycles. The van der Waals surface area contributed by atoms with Crippen LogP contribution in [0.25, 0.3) is 5.76 Å². The Labute approximate surface area is 181 Å². The van der Waals surface area contributed by atoms with Gasteiger partial charge < -0.3 is 24.6 Å². The number of ketones is 1. The van der Waals surface area contributed by atoms with Crippen LogP contribution in [0.4, 0.5) is 0 Å². The first-order valence-electron chi connectivity index (χ1n) is 10.1. The summed E-state index contributed by atoms with van der Waals surface area (Å²) in [5.41, 5.74) is 0.976. The average molecular weight is 425 g/mol. The monoisotopic (exact) mass is 425 g/mol. The Morgan fingerprint density at radius 1 is 1.13 bits per heavy atom. The number of benzene rings is 2. The molecule has 31 heavy (non-hydrogen) atoms. The number of nitrogens with zero attached hydrogens (tertiary/aromatic N) is 1. The van der Waals surface area contributed by atoms with Gasteiger partial charge in [-0.15, -0.1) is 0 Å². The normalized spacial score (nSPS) is 18.1. The Morgan fingerprint density at radius 3 is 2.48 bits per heavy atom. The van der Waals surface area contributed by atoms with Gasteiger partial charge in [0.05, 0.1) is 24.8 Å². The largest absolute Gasteiger partial charge is 0.508 e. The molecule has 7 heteroatoms. The highest BCUT2D eigenvalue weighted by atomic mass is 16.5. The number of likely N-dealkylation sites (tertiary alicyclic amines) is 1. The van der Waals surface area contributed by atoms with E-state index in [1.54, 1.807) is 36.4 Å². The Kier molecular flexibility index (Phi) is 6.97. The number of rotatable bonds is 8. The van der Waals surface area contributed by atoms with Gasteiger partial charge in [0.1, 0.15) is 17.3 Å². The molecule has 0 aliphatic carbocycles. The van der Waals surface area contributed by atoms with E-state index in [0.717, 1.165) is 0 Å². The van der Waals surface area contributed by atoms with Gasteiger partial charge in [-0.25, -0.2) is 0 Å². The molecule has 1 fully saturated rings. The van der Waals surface area contributed by atoms with Crippen molar-refractivity contribution in [2.75, 3.05) is 26.9 Å². The number of aliphatic hydroxyl groups is 1. The summed E-state index contributed by atoms with van der Waals surface area (Å²) in [5.74, 6) is -0.784. The number of methoxy groups -OCH3 is 1. The van der Waals surface area contributed by atoms with E-state index >= 15 is 0 Å². The zero-order valence-electron chi connectivity index (χ0n) is 17.9. The summed E-state index contributed by atoms with van der Waals surface area (Å²) in [5, 5.41) is 20.7. The van der Waals surface area contributed by atoms with Gasteiger partial charge in [-0.1, -0.05) is 38.1 Å². The van der Waals surface area contributed by atoms with E-state index in [2.05, 4.69) is 0 Å². The second-order valence-electron chi connectivity index (χ2n) is 7.81. The van der Waals surface area contributed by atoms with Gasteiger partial charge in [0, 0.05) is 19.2 Å². The van der Waals surface area contributed by atoms with Crippen molar-refractivity contribution in [2.24, 2.45) is 5.92 Å². The molecule has 2 aromatic rings. The number of phenolic OH excluding ortho intramolecular Hbond substituents is 1. The lowest BCUT2D eigenvalue weighted by molar-refractivity contribution is -0.140. The molecular formula is C24H27NO6. The lowest BCUT2D eigenvalue weighted by atomic mass is 9.95. The summed E-state index contributed by atoms with van der Waals surface area (Å²) in [6, 6.07) is 12.2. The molecule has 3 rings (SSSR count). The number of hydrogen-bond donors (Lipinski definition) is 2. The quantitative estimate of drug-likeness (QED) is 0.382. The van der Waals surface area contributed by atoms with Gasteiger partial charge >= 0.3 is 0 Å². The molecule has 1 aliphatic heterocycles. The standard InChI is InChI=1S/C24H27NO6/c1-15(2)14-31-19-6-4-5-17(13-19)22(27)20-21(16-7-9-18(26)10-8-16)25(11-12-30-3)24(29)23(20)28/h4-10,13,15,21,26-27H,11-12,14H2,1-3H3/b22-20-. The number of amides is 1. The minimum absolute atomic E-state index is 0.00666. The minimum atomic E-state index is -0.795. The van der Waals surface area contributed by atoms with Gasteiger partial charge in [-0.3, -0.25) is 9.59 Å². The van der Waals surface area contributed by atoms with Crippen LogP contribution in [-0.4, -0.2) is 53.7 Å². The molecule has 2 N–H and O–H groups in total. The summed E-state index contributed by atoms with van der Waals surface area (Å²) in [4.78, 5) is 27.0. The molecule has 2 aromatic carbocycles. The first-order valence-corrected chi connectivity index (χ1v) is 10.1. The van der Waals surface area contributed by atoms with Crippen LogP contribution in [0.3, 0.4) is 0 Å². The fourth-order valence-corrected chi connectivity index (χ4v) is 3.46. The maximum Gasteiger partial charge on any atom is 0.295 e. The van der Waals surface area contributed by atoms with E-state index in [4.69, 9.17) is 9.47 Å². The lowest BCUT2D eigenvalue weighted by Gasteiger charge is -2.25. The molecule has 1 aliphatic rings. The van der Waals surface area contributed by atoms with Crippen molar-refractivity contribution < 1.29 is 29.3 Å². The first kappa shape index (κ1) is 22.4. The van der Waals surface area contributed by atoms with Crippen LogP contribution in [0.2, 0.25) is 0 Å². The SMILES string of the molecule is COCCN1C(=O)C(=O)/C(=C(\O)c2cccc(OCC(C)C)c2)C1c1ccc(O)cc1. The number of hydrogen-bond acceptors (Lipinski definition) is 6. The summed E-state index contributed by atoms with van der Waals surface area (Å²) in [6.45, 7) is 4.99. The average Bonchev–Trinajstić information content (AvgIpc) is 3.01. The minimum Gasteiger partial charge on any atom is -0.508 e. The molecule has 0 bridgehead atoms. The van der Waals surface area contributed by atoms with E-state index in [1.165, 1.54) is 24.1 Å². The summed E-state index contributed by atoms with van der Waals surface area (Å²) in [6.07, 6.45) is 0. The van der Waals surface area contributed by atoms with Crippen molar-refractivity contribution in [3.05, 3.63) is 65.2 Å². The van der Waals surface area contributed by atoms with Crippen molar-refractivity contribution in [1.29, 1.82) is 0 Å². The summed E-state index contributed by atoms with van der Waals surface area (Å²) >= 11 is 0. The van der Waals surface area contributed by atoms with Crippen molar-refractivity contribution in [2.45, 2.75) is 19.9 Å². The number of ether oxygens (including phenoxy) is 2. The molecule has 0 radical (unpaired) electrons. The zero-order valence-corrected chi connectivity index (χ0v) is 17.9. The molecule has 0 spiro atoms. The number of phenols is 1. The second-order valence-corrected chi connectivity index (χ2v) is 7.81. The van der Waals surface area contributed by atoms with Gasteiger partial charge in [-0.05, 0) is 35.7 Å². The van der Waals surface area contributed by atoms with Crippen molar-refractivity contribution in [1.82, 2.24) is 4.90 Å². The van der Waals surface area contributed by atoms with Crippen LogP contribution in [-0.2, 0) is 14.3 Å².